The number of phosphoric acid groups is 2. The predicted octanol–water partition coefficient (Wildman–Crippen LogP) is 24.7. The van der Waals surface area contributed by atoms with Gasteiger partial charge in [-0.1, -0.05) is 321 Å². The first-order chi connectivity index (χ1) is 51.2. The van der Waals surface area contributed by atoms with Gasteiger partial charge in [-0.05, 0) is 135 Å². The van der Waals surface area contributed by atoms with Gasteiger partial charge < -0.3 is 34.2 Å². The van der Waals surface area contributed by atoms with Gasteiger partial charge in [0, 0.05) is 19.3 Å². The zero-order valence-corrected chi connectivity index (χ0v) is 67.9. The summed E-state index contributed by atoms with van der Waals surface area (Å²) in [7, 11) is -9.79. The lowest BCUT2D eigenvalue weighted by Gasteiger charge is -2.21. The normalized spacial score (nSPS) is 14.6. The van der Waals surface area contributed by atoms with Crippen LogP contribution in [0.15, 0.2) is 134 Å². The fourth-order valence-electron chi connectivity index (χ4n) is 11.1. The predicted molar refractivity (Wildman–Crippen MR) is 436 cm³/mol. The maximum absolute atomic E-state index is 13.0. The minimum Gasteiger partial charge on any atom is -0.463 e. The Morgan fingerprint density at radius 2 is 0.505 bits per heavy atom. The van der Waals surface area contributed by atoms with Crippen molar-refractivity contribution >= 4 is 33.6 Å². The van der Waals surface area contributed by atoms with Crippen LogP contribution in [0.25, 0.3) is 0 Å². The third-order valence-electron chi connectivity index (χ3n) is 17.3. The molecule has 0 saturated carbocycles. The van der Waals surface area contributed by atoms with Crippen molar-refractivity contribution in [3.63, 3.8) is 0 Å². The summed E-state index contributed by atoms with van der Waals surface area (Å²) >= 11 is 0. The van der Waals surface area contributed by atoms with Crippen LogP contribution >= 0.6 is 15.6 Å². The lowest BCUT2D eigenvalue weighted by Crippen LogP contribution is -2.30. The second kappa shape index (κ2) is 79.2. The van der Waals surface area contributed by atoms with Gasteiger partial charge in [0.1, 0.15) is 25.4 Å². The Morgan fingerprint density at radius 3 is 0.810 bits per heavy atom. The molecule has 0 spiro atoms. The largest absolute Gasteiger partial charge is 0.472 e. The Bertz CT molecular complexity index is 2440. The van der Waals surface area contributed by atoms with Crippen molar-refractivity contribution in [1.29, 1.82) is 0 Å². The first-order valence-corrected chi connectivity index (χ1v) is 44.5. The molecule has 0 saturated heterocycles. The van der Waals surface area contributed by atoms with E-state index in [9.17, 15) is 43.5 Å². The number of unbranched alkanes of at least 4 members (excludes halogenated alkanes) is 33. The topological polar surface area (TPSA) is 231 Å². The van der Waals surface area contributed by atoms with E-state index in [-0.39, 0.29) is 19.3 Å². The number of carbonyl (C=O) groups excluding carboxylic acids is 3. The number of hydrogen-bond donors (Lipinski definition) is 4. The molecule has 5 unspecified atom stereocenters. The molecule has 604 valence electrons. The molecule has 0 aliphatic carbocycles. The van der Waals surface area contributed by atoms with Gasteiger partial charge in [0.15, 0.2) is 6.10 Å². The number of aliphatic hydroxyl groups is 2. The molecular formula is C87H150O16P2. The highest BCUT2D eigenvalue weighted by Crippen LogP contribution is 2.45. The molecule has 5 atom stereocenters. The minimum absolute atomic E-state index is 0.0904. The Balaban J connectivity index is 4.42. The van der Waals surface area contributed by atoms with Crippen molar-refractivity contribution in [3.05, 3.63) is 134 Å². The summed E-state index contributed by atoms with van der Waals surface area (Å²) in [6.45, 7) is 2.44. The average Bonchev–Trinajstić information content (AvgIpc) is 1.00. The van der Waals surface area contributed by atoms with Gasteiger partial charge in [-0.2, -0.15) is 0 Å². The number of allylic oxidation sites excluding steroid dienone is 22. The second-order valence-corrected chi connectivity index (χ2v) is 30.4. The Kier molecular flexibility index (Phi) is 76.0. The summed E-state index contributed by atoms with van der Waals surface area (Å²) in [4.78, 5) is 58.7. The maximum Gasteiger partial charge on any atom is 0.472 e. The third-order valence-corrected chi connectivity index (χ3v) is 19.2. The van der Waals surface area contributed by atoms with E-state index in [1.807, 2.05) is 0 Å². The van der Waals surface area contributed by atoms with Crippen LogP contribution in [0.3, 0.4) is 0 Å². The van der Waals surface area contributed by atoms with Gasteiger partial charge in [-0.25, -0.2) is 9.13 Å². The zero-order valence-electron chi connectivity index (χ0n) is 66.1. The average molecular weight is 1510 g/mol. The first kappa shape index (κ1) is 101. The van der Waals surface area contributed by atoms with E-state index >= 15 is 0 Å². The standard InChI is InChI=1S/C87H150O16P2/c1-4-7-10-13-16-19-22-25-27-29-31-33-35-36-37-38-39-40-41-42-43-44-46-48-49-51-53-56-58-61-64-67-70-73-85(90)97-76-82(88)77-99-104(93,94)100-78-83(89)79-101-105(95,96)102-81-84(103-87(92)75-72-69-66-63-60-55-24-21-18-15-12-9-6-3)80-98-86(91)74-71-68-65-62-59-57-54-52-50-47-45-34-32-30-28-26-23-20-17-14-11-8-5-2/h7-8,10-11,16-17,19-21,24-28,31-34,36-37,47,50,82-84,88-89H,4-6,9,12-15,18,22-23,29-30,35,38-46,48-49,51-81H2,1-3H3,(H,93,94)(H,95,96)/b10-7-,11-8-,19-16-,20-17-,24-21-,27-25-,28-26-,33-31-,34-32-,37-36-,50-47-. The van der Waals surface area contributed by atoms with E-state index in [1.165, 1.54) is 116 Å². The fraction of sp³-hybridized carbons (Fsp3) is 0.713. The van der Waals surface area contributed by atoms with Gasteiger partial charge >= 0.3 is 33.6 Å². The van der Waals surface area contributed by atoms with Crippen molar-refractivity contribution in [3.8, 4) is 0 Å². The van der Waals surface area contributed by atoms with Gasteiger partial charge in [-0.3, -0.25) is 32.5 Å². The van der Waals surface area contributed by atoms with E-state index in [0.29, 0.717) is 19.3 Å². The van der Waals surface area contributed by atoms with Crippen LogP contribution in [0.2, 0.25) is 0 Å². The van der Waals surface area contributed by atoms with Gasteiger partial charge in [0.05, 0.1) is 26.4 Å². The van der Waals surface area contributed by atoms with E-state index in [4.69, 9.17) is 32.3 Å². The monoisotopic (exact) mass is 1510 g/mol. The van der Waals surface area contributed by atoms with E-state index in [2.05, 4.69) is 154 Å². The Labute approximate surface area is 639 Å². The Morgan fingerprint density at radius 1 is 0.276 bits per heavy atom. The summed E-state index contributed by atoms with van der Waals surface area (Å²) in [6, 6.07) is 0. The van der Waals surface area contributed by atoms with Crippen molar-refractivity contribution in [2.45, 2.75) is 360 Å². The molecule has 0 aromatic carbocycles. The van der Waals surface area contributed by atoms with E-state index < -0.39 is 91.5 Å². The fourth-order valence-corrected chi connectivity index (χ4v) is 12.7. The molecule has 0 aromatic rings. The minimum atomic E-state index is -4.94. The summed E-state index contributed by atoms with van der Waals surface area (Å²) in [5.41, 5.74) is 0. The van der Waals surface area contributed by atoms with Crippen molar-refractivity contribution in [2.75, 3.05) is 39.6 Å². The first-order valence-electron chi connectivity index (χ1n) is 41.5. The van der Waals surface area contributed by atoms with Crippen LogP contribution in [0.1, 0.15) is 342 Å². The lowest BCUT2D eigenvalue weighted by atomic mass is 10.0. The molecule has 0 aliphatic heterocycles. The SMILES string of the molecule is CC/C=C\C/C=C\C/C=C\C/C=C\C/C=C\CCCCCCCCCCCCCCCCCCCC(=O)OCC(O)COP(=O)(O)OCC(O)COP(=O)(O)OCC(COC(=O)CCCCCCCCC/C=C\C/C=C\C/C=C\C/C=C\C/C=C\CC)OC(=O)CCCCCCC/C=C\CCCCCC. The number of phosphoric ester groups is 2. The summed E-state index contributed by atoms with van der Waals surface area (Å²) in [6.07, 6.45) is 96.6. The van der Waals surface area contributed by atoms with Gasteiger partial charge in [0.25, 0.3) is 0 Å². The molecule has 105 heavy (non-hydrogen) atoms. The molecule has 18 heteroatoms. The number of hydrogen-bond acceptors (Lipinski definition) is 14. The highest BCUT2D eigenvalue weighted by atomic mass is 31.2. The number of aliphatic hydroxyl groups excluding tert-OH is 2. The molecule has 0 aliphatic rings. The van der Waals surface area contributed by atoms with Crippen LogP contribution in [-0.4, -0.2) is 95.9 Å². The molecule has 0 radical (unpaired) electrons. The number of ether oxygens (including phenoxy) is 3. The number of esters is 3. The van der Waals surface area contributed by atoms with Crippen LogP contribution in [0.4, 0.5) is 0 Å². The molecule has 0 bridgehead atoms. The van der Waals surface area contributed by atoms with Crippen LogP contribution < -0.4 is 0 Å². The smallest absolute Gasteiger partial charge is 0.463 e. The van der Waals surface area contributed by atoms with Crippen LogP contribution in [0.5, 0.6) is 0 Å². The molecule has 0 heterocycles. The third kappa shape index (κ3) is 80.5. The van der Waals surface area contributed by atoms with Crippen LogP contribution in [-0.2, 0) is 55.8 Å². The molecular weight excluding hydrogens is 1360 g/mol. The Hall–Kier alpha value is -4.31. The molecule has 0 amide bonds. The highest BCUT2D eigenvalue weighted by molar-refractivity contribution is 7.47. The molecule has 4 N–H and O–H groups in total. The molecule has 0 rings (SSSR count). The zero-order chi connectivity index (χ0) is 76.6. The molecule has 16 nitrogen and oxygen atoms in total. The summed E-state index contributed by atoms with van der Waals surface area (Å²) in [5.74, 6) is -1.59. The van der Waals surface area contributed by atoms with Crippen molar-refractivity contribution in [2.24, 2.45) is 0 Å². The quantitative estimate of drug-likeness (QED) is 0.0146. The maximum atomic E-state index is 13.0. The second-order valence-electron chi connectivity index (χ2n) is 27.5. The van der Waals surface area contributed by atoms with Crippen molar-refractivity contribution < 1.29 is 75.8 Å². The van der Waals surface area contributed by atoms with E-state index in [0.717, 1.165) is 167 Å². The summed E-state index contributed by atoms with van der Waals surface area (Å²) < 4.78 is 61.2. The number of rotatable bonds is 78. The van der Waals surface area contributed by atoms with Gasteiger partial charge in [0.2, 0.25) is 0 Å². The van der Waals surface area contributed by atoms with Crippen molar-refractivity contribution in [1.82, 2.24) is 0 Å². The van der Waals surface area contributed by atoms with E-state index in [1.54, 1.807) is 0 Å². The number of carbonyl (C=O) groups is 3. The highest BCUT2D eigenvalue weighted by Gasteiger charge is 2.29. The van der Waals surface area contributed by atoms with Gasteiger partial charge in [-0.15, -0.1) is 0 Å². The molecule has 0 aromatic heterocycles. The summed E-state index contributed by atoms with van der Waals surface area (Å²) in [5, 5.41) is 20.7. The van der Waals surface area contributed by atoms with Crippen LogP contribution in [0, 0.1) is 0 Å². The lowest BCUT2D eigenvalue weighted by molar-refractivity contribution is -0.161. The molecule has 0 fully saturated rings.